The van der Waals surface area contributed by atoms with Gasteiger partial charge in [-0.3, -0.25) is 20.1 Å². The monoisotopic (exact) mass is 333 g/mol. The first kappa shape index (κ1) is 14.4. The van der Waals surface area contributed by atoms with Gasteiger partial charge in [0.05, 0.1) is 11.1 Å². The molecule has 24 heavy (non-hydrogen) atoms. The second kappa shape index (κ2) is 6.13. The van der Waals surface area contributed by atoms with Gasteiger partial charge >= 0.3 is 0 Å². The van der Waals surface area contributed by atoms with Gasteiger partial charge in [-0.05, 0) is 24.3 Å². The fourth-order valence-corrected chi connectivity index (χ4v) is 2.97. The number of aromatic nitrogens is 4. The van der Waals surface area contributed by atoms with Crippen molar-refractivity contribution < 1.29 is 4.79 Å². The Balaban J connectivity index is 1.56. The highest BCUT2D eigenvalue weighted by atomic mass is 32.1. The molecule has 0 unspecified atom stereocenters. The van der Waals surface area contributed by atoms with Crippen molar-refractivity contribution in [2.24, 2.45) is 0 Å². The van der Waals surface area contributed by atoms with Crippen molar-refractivity contribution in [2.75, 3.05) is 5.32 Å². The molecule has 6 nitrogen and oxygen atoms in total. The number of carbonyl (C=O) groups is 1. The number of fused-ring (bicyclic) bond motifs is 1. The van der Waals surface area contributed by atoms with Crippen LogP contribution in [0.5, 0.6) is 0 Å². The van der Waals surface area contributed by atoms with Gasteiger partial charge < -0.3 is 0 Å². The summed E-state index contributed by atoms with van der Waals surface area (Å²) in [5.41, 5.74) is 2.19. The van der Waals surface area contributed by atoms with Crippen LogP contribution < -0.4 is 5.32 Å². The molecule has 1 amide bonds. The molecule has 0 atom stereocenters. The molecule has 4 aromatic rings. The first-order valence-corrected chi connectivity index (χ1v) is 8.01. The number of anilines is 1. The molecular weight excluding hydrogens is 322 g/mol. The van der Waals surface area contributed by atoms with Crippen LogP contribution in [0, 0.1) is 0 Å². The Morgan fingerprint density at radius 3 is 2.83 bits per heavy atom. The summed E-state index contributed by atoms with van der Waals surface area (Å²) >= 11 is 1.30. The molecule has 4 rings (SSSR count). The van der Waals surface area contributed by atoms with Crippen LogP contribution in [0.15, 0.2) is 61.1 Å². The van der Waals surface area contributed by atoms with E-state index in [1.807, 2.05) is 36.4 Å². The standard InChI is InChI=1S/C17H11N5OS/c23-15(13-8-11-4-1-2-6-14(11)19-10-13)20-17-22-21-16(24-17)12-5-3-7-18-9-12/h1-10H,(H,20,22,23). The van der Waals surface area contributed by atoms with E-state index in [1.54, 1.807) is 24.7 Å². The van der Waals surface area contributed by atoms with Gasteiger partial charge in [0, 0.05) is 29.5 Å². The molecule has 1 N–H and O–H groups in total. The van der Waals surface area contributed by atoms with Gasteiger partial charge in [0.25, 0.3) is 5.91 Å². The van der Waals surface area contributed by atoms with E-state index in [4.69, 9.17) is 0 Å². The van der Waals surface area contributed by atoms with Crippen molar-refractivity contribution in [1.82, 2.24) is 20.2 Å². The molecule has 0 radical (unpaired) electrons. The Labute approximate surface area is 141 Å². The number of nitrogens with one attached hydrogen (secondary N) is 1. The Morgan fingerprint density at radius 2 is 1.96 bits per heavy atom. The highest BCUT2D eigenvalue weighted by Crippen LogP contribution is 2.25. The summed E-state index contributed by atoms with van der Waals surface area (Å²) in [5.74, 6) is -0.262. The van der Waals surface area contributed by atoms with Crippen LogP contribution in [-0.2, 0) is 0 Å². The molecule has 0 bridgehead atoms. The third-order valence-corrected chi connectivity index (χ3v) is 4.29. The zero-order valence-electron chi connectivity index (χ0n) is 12.4. The molecule has 0 fully saturated rings. The van der Waals surface area contributed by atoms with Gasteiger partial charge in [-0.15, -0.1) is 10.2 Å². The number of hydrogen-bond acceptors (Lipinski definition) is 6. The number of carbonyl (C=O) groups excluding carboxylic acids is 1. The van der Waals surface area contributed by atoms with Crippen LogP contribution in [0.4, 0.5) is 5.13 Å². The first-order valence-electron chi connectivity index (χ1n) is 7.20. The summed E-state index contributed by atoms with van der Waals surface area (Å²) in [4.78, 5) is 20.7. The number of hydrogen-bond donors (Lipinski definition) is 1. The van der Waals surface area contributed by atoms with Gasteiger partial charge in [-0.2, -0.15) is 0 Å². The maximum absolute atomic E-state index is 12.4. The molecule has 3 heterocycles. The molecule has 1 aromatic carbocycles. The maximum atomic E-state index is 12.4. The van der Waals surface area contributed by atoms with E-state index in [9.17, 15) is 4.79 Å². The van der Waals surface area contributed by atoms with Crippen LogP contribution in [0.2, 0.25) is 0 Å². The number of amides is 1. The topological polar surface area (TPSA) is 80.7 Å². The smallest absolute Gasteiger partial charge is 0.259 e. The van der Waals surface area contributed by atoms with Crippen molar-refractivity contribution in [3.8, 4) is 10.6 Å². The lowest BCUT2D eigenvalue weighted by molar-refractivity contribution is 0.102. The second-order valence-corrected chi connectivity index (χ2v) is 6.00. The summed E-state index contributed by atoms with van der Waals surface area (Å²) in [7, 11) is 0. The van der Waals surface area contributed by atoms with E-state index in [0.29, 0.717) is 15.7 Å². The van der Waals surface area contributed by atoms with Gasteiger partial charge in [-0.1, -0.05) is 29.5 Å². The lowest BCUT2D eigenvalue weighted by Crippen LogP contribution is -2.12. The van der Waals surface area contributed by atoms with Crippen molar-refractivity contribution in [3.63, 3.8) is 0 Å². The zero-order chi connectivity index (χ0) is 16.4. The van der Waals surface area contributed by atoms with Gasteiger partial charge in [0.15, 0.2) is 5.01 Å². The summed E-state index contributed by atoms with van der Waals surface area (Å²) in [6.07, 6.45) is 4.96. The van der Waals surface area contributed by atoms with Crippen LogP contribution in [0.3, 0.4) is 0 Å². The molecule has 0 spiro atoms. The van der Waals surface area contributed by atoms with E-state index < -0.39 is 0 Å². The average Bonchev–Trinajstić information content (AvgIpc) is 3.10. The predicted molar refractivity (Wildman–Crippen MR) is 92.8 cm³/mol. The highest BCUT2D eigenvalue weighted by molar-refractivity contribution is 7.18. The van der Waals surface area contributed by atoms with E-state index in [-0.39, 0.29) is 5.91 Å². The molecule has 0 aliphatic heterocycles. The summed E-state index contributed by atoms with van der Waals surface area (Å²) < 4.78 is 0. The lowest BCUT2D eigenvalue weighted by Gasteiger charge is -2.02. The van der Waals surface area contributed by atoms with Crippen molar-refractivity contribution >= 4 is 33.3 Å². The fraction of sp³-hybridized carbons (Fsp3) is 0. The van der Waals surface area contributed by atoms with Crippen molar-refractivity contribution in [2.45, 2.75) is 0 Å². The Morgan fingerprint density at radius 1 is 1.04 bits per heavy atom. The van der Waals surface area contributed by atoms with Crippen molar-refractivity contribution in [1.29, 1.82) is 0 Å². The van der Waals surface area contributed by atoms with Gasteiger partial charge in [0.1, 0.15) is 0 Å². The number of para-hydroxylation sites is 1. The van der Waals surface area contributed by atoms with E-state index >= 15 is 0 Å². The third kappa shape index (κ3) is 2.84. The molecule has 0 saturated heterocycles. The van der Waals surface area contributed by atoms with Crippen LogP contribution in [0.1, 0.15) is 10.4 Å². The molecule has 3 aromatic heterocycles. The average molecular weight is 333 g/mol. The minimum absolute atomic E-state index is 0.262. The normalized spacial score (nSPS) is 10.7. The van der Waals surface area contributed by atoms with Crippen LogP contribution in [-0.4, -0.2) is 26.1 Å². The van der Waals surface area contributed by atoms with E-state index in [1.165, 1.54) is 11.3 Å². The minimum Gasteiger partial charge on any atom is -0.296 e. The molecule has 0 saturated carbocycles. The van der Waals surface area contributed by atoms with Crippen molar-refractivity contribution in [3.05, 3.63) is 66.6 Å². The number of rotatable bonds is 3. The van der Waals surface area contributed by atoms with E-state index in [2.05, 4.69) is 25.5 Å². The largest absolute Gasteiger partial charge is 0.296 e. The summed E-state index contributed by atoms with van der Waals surface area (Å²) in [6.45, 7) is 0. The predicted octanol–water partition coefficient (Wildman–Crippen LogP) is 3.40. The fourth-order valence-electron chi connectivity index (χ4n) is 2.24. The second-order valence-electron chi connectivity index (χ2n) is 5.02. The summed E-state index contributed by atoms with van der Waals surface area (Å²) in [6, 6.07) is 13.2. The quantitative estimate of drug-likeness (QED) is 0.621. The zero-order valence-corrected chi connectivity index (χ0v) is 13.2. The number of benzene rings is 1. The highest BCUT2D eigenvalue weighted by Gasteiger charge is 2.12. The molecule has 0 aliphatic rings. The van der Waals surface area contributed by atoms with Crippen LogP contribution >= 0.6 is 11.3 Å². The maximum Gasteiger partial charge on any atom is 0.259 e. The SMILES string of the molecule is O=C(Nc1nnc(-c2cccnc2)s1)c1cnc2ccccc2c1. The Kier molecular flexibility index (Phi) is 3.68. The molecule has 7 heteroatoms. The van der Waals surface area contributed by atoms with Gasteiger partial charge in [-0.25, -0.2) is 0 Å². The van der Waals surface area contributed by atoms with Gasteiger partial charge in [0.2, 0.25) is 5.13 Å². The third-order valence-electron chi connectivity index (χ3n) is 3.41. The molecule has 116 valence electrons. The first-order chi connectivity index (χ1) is 11.8. The summed E-state index contributed by atoms with van der Waals surface area (Å²) in [5, 5.41) is 12.9. The number of nitrogens with zero attached hydrogens (tertiary/aromatic N) is 4. The Hall–Kier alpha value is -3.19. The Bertz CT molecular complexity index is 1020. The van der Waals surface area contributed by atoms with E-state index in [0.717, 1.165) is 16.5 Å². The van der Waals surface area contributed by atoms with Crippen LogP contribution in [0.25, 0.3) is 21.5 Å². The molecular formula is C17H11N5OS. The molecule has 0 aliphatic carbocycles. The minimum atomic E-state index is -0.262. The number of pyridine rings is 2. The lowest BCUT2D eigenvalue weighted by atomic mass is 10.1.